The van der Waals surface area contributed by atoms with Crippen molar-refractivity contribution >= 4 is 17.8 Å². The molecule has 0 amide bonds. The van der Waals surface area contributed by atoms with Crippen LogP contribution in [0.4, 0.5) is 17.8 Å². The van der Waals surface area contributed by atoms with Gasteiger partial charge in [-0.3, -0.25) is 4.98 Å². The number of hydrogen-bond acceptors (Lipinski definition) is 10. The number of nitrogens with one attached hydrogen (secondary N) is 2. The number of pyridine rings is 1. The quantitative estimate of drug-likeness (QED) is 0.411. The molecule has 4 N–H and O–H groups in total. The van der Waals surface area contributed by atoms with Gasteiger partial charge in [0.25, 0.3) is 0 Å². The van der Waals surface area contributed by atoms with Crippen molar-refractivity contribution in [2.45, 2.75) is 25.8 Å². The van der Waals surface area contributed by atoms with Gasteiger partial charge in [0.05, 0.1) is 38.7 Å². The van der Waals surface area contributed by atoms with Gasteiger partial charge in [-0.25, -0.2) is 0 Å². The number of rotatable bonds is 13. The van der Waals surface area contributed by atoms with Gasteiger partial charge in [-0.05, 0) is 31.4 Å². The van der Waals surface area contributed by atoms with Crippen molar-refractivity contribution < 1.29 is 9.47 Å². The smallest absolute Gasteiger partial charge is 0.231 e. The minimum Gasteiger partial charge on any atom is -0.378 e. The molecule has 1 aliphatic heterocycles. The van der Waals surface area contributed by atoms with Gasteiger partial charge in [-0.15, -0.1) is 0 Å². The van der Waals surface area contributed by atoms with Gasteiger partial charge in [0.1, 0.15) is 0 Å². The lowest BCUT2D eigenvalue weighted by Crippen LogP contribution is -2.31. The third kappa shape index (κ3) is 7.69. The summed E-state index contributed by atoms with van der Waals surface area (Å²) in [6.45, 7) is 5.78. The largest absolute Gasteiger partial charge is 0.378 e. The zero-order chi connectivity index (χ0) is 20.9. The Bertz CT molecular complexity index is 728. The second-order valence-corrected chi connectivity index (χ2v) is 6.95. The predicted molar refractivity (Wildman–Crippen MR) is 117 cm³/mol. The van der Waals surface area contributed by atoms with Crippen LogP contribution in [0.1, 0.15) is 25.0 Å². The summed E-state index contributed by atoms with van der Waals surface area (Å²) in [4.78, 5) is 20.3. The summed E-state index contributed by atoms with van der Waals surface area (Å²) in [5.74, 6) is 1.78. The van der Waals surface area contributed by atoms with E-state index in [1.807, 2.05) is 18.2 Å². The Labute approximate surface area is 177 Å². The number of aromatic nitrogens is 4. The van der Waals surface area contributed by atoms with Gasteiger partial charge >= 0.3 is 0 Å². The molecule has 3 rings (SSSR count). The van der Waals surface area contributed by atoms with Crippen molar-refractivity contribution in [2.75, 3.05) is 68.1 Å². The van der Waals surface area contributed by atoms with Gasteiger partial charge in [-0.2, -0.15) is 15.0 Å². The van der Waals surface area contributed by atoms with E-state index in [1.165, 1.54) is 6.42 Å². The van der Waals surface area contributed by atoms with E-state index in [9.17, 15) is 0 Å². The molecule has 0 radical (unpaired) electrons. The van der Waals surface area contributed by atoms with Crippen molar-refractivity contribution in [1.29, 1.82) is 0 Å². The van der Waals surface area contributed by atoms with Gasteiger partial charge in [0, 0.05) is 32.4 Å². The summed E-state index contributed by atoms with van der Waals surface area (Å²) < 4.78 is 10.8. The highest BCUT2D eigenvalue weighted by Gasteiger charge is 2.16. The molecule has 3 heterocycles. The minimum absolute atomic E-state index is 0.525. The van der Waals surface area contributed by atoms with Crippen molar-refractivity contribution in [3.05, 3.63) is 30.1 Å². The lowest BCUT2D eigenvalue weighted by atomic mass is 10.1. The Balaban J connectivity index is 1.55. The standard InChI is InChI=1S/C20H32N8O2/c21-7-12-29-14-15-30-13-9-23-18-25-19(24-16-17-6-2-3-8-22-17)27-20(26-18)28-10-4-1-5-11-28/h2-3,6,8H,1,4-5,7,9-16,21H2,(H2,23,24,25,26,27). The summed E-state index contributed by atoms with van der Waals surface area (Å²) in [7, 11) is 0. The second kappa shape index (κ2) is 12.9. The second-order valence-electron chi connectivity index (χ2n) is 6.95. The van der Waals surface area contributed by atoms with Crippen molar-refractivity contribution in [3.8, 4) is 0 Å². The van der Waals surface area contributed by atoms with Crippen LogP contribution in [0.2, 0.25) is 0 Å². The van der Waals surface area contributed by atoms with E-state index in [2.05, 4.69) is 35.5 Å². The Morgan fingerprint density at radius 2 is 1.67 bits per heavy atom. The highest BCUT2D eigenvalue weighted by molar-refractivity contribution is 5.44. The average molecular weight is 417 g/mol. The van der Waals surface area contributed by atoms with Crippen LogP contribution < -0.4 is 21.3 Å². The van der Waals surface area contributed by atoms with Gasteiger partial charge in [0.2, 0.25) is 17.8 Å². The molecule has 0 aromatic carbocycles. The zero-order valence-electron chi connectivity index (χ0n) is 17.4. The zero-order valence-corrected chi connectivity index (χ0v) is 17.4. The number of anilines is 3. The van der Waals surface area contributed by atoms with Crippen LogP contribution >= 0.6 is 0 Å². The van der Waals surface area contributed by atoms with Crippen LogP contribution in [0, 0.1) is 0 Å². The maximum Gasteiger partial charge on any atom is 0.231 e. The van der Waals surface area contributed by atoms with E-state index in [4.69, 9.17) is 15.2 Å². The van der Waals surface area contributed by atoms with Crippen LogP contribution in [-0.4, -0.2) is 72.5 Å². The Morgan fingerprint density at radius 3 is 2.40 bits per heavy atom. The van der Waals surface area contributed by atoms with Crippen LogP contribution in [-0.2, 0) is 16.0 Å². The highest BCUT2D eigenvalue weighted by atomic mass is 16.5. The minimum atomic E-state index is 0.525. The molecule has 2 aromatic rings. The topological polar surface area (TPSA) is 123 Å². The lowest BCUT2D eigenvalue weighted by Gasteiger charge is -2.27. The number of nitrogens with zero attached hydrogens (tertiary/aromatic N) is 5. The number of hydrogen-bond donors (Lipinski definition) is 3. The van der Waals surface area contributed by atoms with E-state index >= 15 is 0 Å². The monoisotopic (exact) mass is 416 g/mol. The van der Waals surface area contributed by atoms with Crippen molar-refractivity contribution in [2.24, 2.45) is 5.73 Å². The highest BCUT2D eigenvalue weighted by Crippen LogP contribution is 2.18. The first-order valence-corrected chi connectivity index (χ1v) is 10.6. The number of ether oxygens (including phenoxy) is 2. The van der Waals surface area contributed by atoms with Crippen LogP contribution in [0.25, 0.3) is 0 Å². The third-order valence-electron chi connectivity index (χ3n) is 4.58. The molecule has 0 bridgehead atoms. The molecule has 1 aliphatic rings. The fourth-order valence-electron chi connectivity index (χ4n) is 3.07. The Morgan fingerprint density at radius 1 is 0.900 bits per heavy atom. The van der Waals surface area contributed by atoms with Crippen LogP contribution in [0.15, 0.2) is 24.4 Å². The molecule has 0 aliphatic carbocycles. The first-order chi connectivity index (χ1) is 14.8. The fraction of sp³-hybridized carbons (Fsp3) is 0.600. The molecule has 0 saturated carbocycles. The van der Waals surface area contributed by atoms with E-state index in [0.29, 0.717) is 63.9 Å². The Hall–Kier alpha value is -2.56. The van der Waals surface area contributed by atoms with E-state index in [0.717, 1.165) is 31.6 Å². The molecule has 0 spiro atoms. The molecule has 10 heteroatoms. The molecular weight excluding hydrogens is 384 g/mol. The summed E-state index contributed by atoms with van der Waals surface area (Å²) in [5.41, 5.74) is 6.31. The first kappa shape index (κ1) is 22.1. The molecule has 0 unspecified atom stereocenters. The Kier molecular flexibility index (Phi) is 9.51. The predicted octanol–water partition coefficient (Wildman–Crippen LogP) is 1.27. The fourth-order valence-corrected chi connectivity index (χ4v) is 3.07. The lowest BCUT2D eigenvalue weighted by molar-refractivity contribution is 0.0547. The van der Waals surface area contributed by atoms with E-state index in [1.54, 1.807) is 6.20 Å². The maximum atomic E-state index is 5.55. The molecule has 10 nitrogen and oxygen atoms in total. The average Bonchev–Trinajstić information content (AvgIpc) is 2.80. The van der Waals surface area contributed by atoms with Crippen LogP contribution in [0.5, 0.6) is 0 Å². The maximum absolute atomic E-state index is 5.55. The molecular formula is C20H32N8O2. The van der Waals surface area contributed by atoms with Gasteiger partial charge in [-0.1, -0.05) is 6.07 Å². The number of nitrogens with two attached hydrogens (primary N) is 1. The summed E-state index contributed by atoms with van der Waals surface area (Å²) >= 11 is 0. The summed E-state index contributed by atoms with van der Waals surface area (Å²) in [6, 6.07) is 5.83. The third-order valence-corrected chi connectivity index (χ3v) is 4.58. The normalized spacial score (nSPS) is 14.0. The van der Waals surface area contributed by atoms with E-state index in [-0.39, 0.29) is 0 Å². The summed E-state index contributed by atoms with van der Waals surface area (Å²) in [5, 5.41) is 6.50. The molecule has 1 fully saturated rings. The SMILES string of the molecule is NCCOCCOCCNc1nc(NCc2ccccn2)nc(N2CCCCC2)n1. The molecule has 30 heavy (non-hydrogen) atoms. The summed E-state index contributed by atoms with van der Waals surface area (Å²) in [6.07, 6.45) is 5.35. The first-order valence-electron chi connectivity index (χ1n) is 10.6. The van der Waals surface area contributed by atoms with Gasteiger partial charge in [0.15, 0.2) is 0 Å². The molecule has 0 atom stereocenters. The van der Waals surface area contributed by atoms with Crippen LogP contribution in [0.3, 0.4) is 0 Å². The molecule has 164 valence electrons. The van der Waals surface area contributed by atoms with E-state index < -0.39 is 0 Å². The number of piperidine rings is 1. The molecule has 2 aromatic heterocycles. The van der Waals surface area contributed by atoms with Gasteiger partial charge < -0.3 is 30.7 Å². The van der Waals surface area contributed by atoms with Crippen molar-refractivity contribution in [3.63, 3.8) is 0 Å². The molecule has 1 saturated heterocycles. The van der Waals surface area contributed by atoms with Crippen molar-refractivity contribution in [1.82, 2.24) is 19.9 Å².